The molecule has 0 amide bonds. The summed E-state index contributed by atoms with van der Waals surface area (Å²) in [7, 11) is 2.19. The SMILES string of the molecule is Cc1ccc(CN=C(NCC2CCN(C)C2)Nc2ccccc2)cc1. The number of aryl methyl sites for hydroxylation is 1. The lowest BCUT2D eigenvalue weighted by Gasteiger charge is -2.16. The van der Waals surface area contributed by atoms with Gasteiger partial charge in [0.1, 0.15) is 0 Å². The van der Waals surface area contributed by atoms with E-state index >= 15 is 0 Å². The summed E-state index contributed by atoms with van der Waals surface area (Å²) >= 11 is 0. The third-order valence-electron chi connectivity index (χ3n) is 4.62. The van der Waals surface area contributed by atoms with Crippen LogP contribution in [0.5, 0.6) is 0 Å². The summed E-state index contributed by atoms with van der Waals surface area (Å²) < 4.78 is 0. The maximum atomic E-state index is 4.78. The summed E-state index contributed by atoms with van der Waals surface area (Å²) in [5, 5.41) is 6.95. The van der Waals surface area contributed by atoms with Crippen molar-refractivity contribution in [3.63, 3.8) is 0 Å². The number of guanidine groups is 1. The summed E-state index contributed by atoms with van der Waals surface area (Å²) in [5.74, 6) is 1.54. The van der Waals surface area contributed by atoms with Crippen molar-refractivity contribution in [1.29, 1.82) is 0 Å². The molecule has 1 unspecified atom stereocenters. The van der Waals surface area contributed by atoms with Gasteiger partial charge in [-0.25, -0.2) is 4.99 Å². The highest BCUT2D eigenvalue weighted by Gasteiger charge is 2.19. The number of likely N-dealkylation sites (tertiary alicyclic amines) is 1. The van der Waals surface area contributed by atoms with Gasteiger partial charge in [-0.05, 0) is 50.6 Å². The Hall–Kier alpha value is -2.33. The molecule has 1 saturated heterocycles. The first-order valence-electron chi connectivity index (χ1n) is 9.03. The molecule has 1 heterocycles. The molecule has 3 rings (SSSR count). The van der Waals surface area contributed by atoms with E-state index in [1.807, 2.05) is 18.2 Å². The summed E-state index contributed by atoms with van der Waals surface area (Å²) in [5.41, 5.74) is 3.56. The van der Waals surface area contributed by atoms with Crippen molar-refractivity contribution in [2.75, 3.05) is 32.0 Å². The molecule has 0 saturated carbocycles. The van der Waals surface area contributed by atoms with E-state index in [2.05, 4.69) is 65.9 Å². The van der Waals surface area contributed by atoms with E-state index in [9.17, 15) is 0 Å². The van der Waals surface area contributed by atoms with Crippen LogP contribution in [0.1, 0.15) is 17.5 Å². The van der Waals surface area contributed by atoms with Gasteiger partial charge in [0, 0.05) is 18.8 Å². The molecule has 2 N–H and O–H groups in total. The highest BCUT2D eigenvalue weighted by atomic mass is 15.2. The van der Waals surface area contributed by atoms with Gasteiger partial charge in [-0.3, -0.25) is 0 Å². The zero-order valence-electron chi connectivity index (χ0n) is 15.2. The van der Waals surface area contributed by atoms with Crippen LogP contribution in [-0.4, -0.2) is 37.5 Å². The monoisotopic (exact) mass is 336 g/mol. The van der Waals surface area contributed by atoms with Crippen molar-refractivity contribution >= 4 is 11.6 Å². The van der Waals surface area contributed by atoms with E-state index in [-0.39, 0.29) is 0 Å². The molecule has 4 nitrogen and oxygen atoms in total. The highest BCUT2D eigenvalue weighted by molar-refractivity contribution is 5.93. The number of nitrogens with zero attached hydrogens (tertiary/aromatic N) is 2. The van der Waals surface area contributed by atoms with Gasteiger partial charge in [0.05, 0.1) is 6.54 Å². The minimum absolute atomic E-state index is 0.674. The van der Waals surface area contributed by atoms with Gasteiger partial charge in [0.25, 0.3) is 0 Å². The third-order valence-corrected chi connectivity index (χ3v) is 4.62. The molecule has 2 aromatic carbocycles. The largest absolute Gasteiger partial charge is 0.356 e. The Bertz CT molecular complexity index is 679. The fourth-order valence-corrected chi connectivity index (χ4v) is 3.10. The number of hydrogen-bond acceptors (Lipinski definition) is 2. The number of nitrogens with one attached hydrogen (secondary N) is 2. The summed E-state index contributed by atoms with van der Waals surface area (Å²) in [6.45, 7) is 6.08. The van der Waals surface area contributed by atoms with Crippen LogP contribution in [0, 0.1) is 12.8 Å². The van der Waals surface area contributed by atoms with Crippen molar-refractivity contribution in [2.45, 2.75) is 19.9 Å². The maximum Gasteiger partial charge on any atom is 0.196 e. The average Bonchev–Trinajstić information content (AvgIpc) is 3.05. The Morgan fingerprint density at radius 2 is 1.88 bits per heavy atom. The second kappa shape index (κ2) is 8.67. The van der Waals surface area contributed by atoms with Gasteiger partial charge in [-0.2, -0.15) is 0 Å². The Labute approximate surface area is 151 Å². The van der Waals surface area contributed by atoms with E-state index in [1.165, 1.54) is 24.1 Å². The molecule has 1 aliphatic rings. The molecule has 0 bridgehead atoms. The Morgan fingerprint density at radius 3 is 2.56 bits per heavy atom. The Kier molecular flexibility index (Phi) is 6.07. The van der Waals surface area contributed by atoms with Crippen LogP contribution in [0.4, 0.5) is 5.69 Å². The molecule has 1 aliphatic heterocycles. The van der Waals surface area contributed by atoms with Crippen LogP contribution in [0.15, 0.2) is 59.6 Å². The van der Waals surface area contributed by atoms with Gasteiger partial charge in [0.15, 0.2) is 5.96 Å². The average molecular weight is 336 g/mol. The number of rotatable bonds is 5. The van der Waals surface area contributed by atoms with Crippen molar-refractivity contribution in [2.24, 2.45) is 10.9 Å². The van der Waals surface area contributed by atoms with E-state index in [4.69, 9.17) is 4.99 Å². The zero-order chi connectivity index (χ0) is 17.5. The molecule has 0 radical (unpaired) electrons. The fourth-order valence-electron chi connectivity index (χ4n) is 3.10. The first kappa shape index (κ1) is 17.5. The number of hydrogen-bond donors (Lipinski definition) is 2. The molecule has 0 aliphatic carbocycles. The van der Waals surface area contributed by atoms with Gasteiger partial charge in [0.2, 0.25) is 0 Å². The van der Waals surface area contributed by atoms with Crippen LogP contribution >= 0.6 is 0 Å². The molecular formula is C21H28N4. The minimum Gasteiger partial charge on any atom is -0.356 e. The molecule has 1 atom stereocenters. The molecule has 0 aromatic heterocycles. The van der Waals surface area contributed by atoms with Crippen molar-refractivity contribution in [1.82, 2.24) is 10.2 Å². The van der Waals surface area contributed by atoms with E-state index in [0.717, 1.165) is 24.7 Å². The first-order chi connectivity index (χ1) is 12.2. The smallest absolute Gasteiger partial charge is 0.196 e. The predicted molar refractivity (Wildman–Crippen MR) is 106 cm³/mol. The van der Waals surface area contributed by atoms with Gasteiger partial charge < -0.3 is 15.5 Å². The van der Waals surface area contributed by atoms with Crippen molar-refractivity contribution in [3.05, 3.63) is 65.7 Å². The van der Waals surface area contributed by atoms with Crippen molar-refractivity contribution in [3.8, 4) is 0 Å². The first-order valence-corrected chi connectivity index (χ1v) is 9.03. The lowest BCUT2D eigenvalue weighted by molar-refractivity contribution is 0.394. The molecule has 0 spiro atoms. The summed E-state index contributed by atoms with van der Waals surface area (Å²) in [6.07, 6.45) is 1.25. The molecule has 4 heteroatoms. The molecular weight excluding hydrogens is 308 g/mol. The third kappa shape index (κ3) is 5.61. The van der Waals surface area contributed by atoms with Crippen LogP contribution in [-0.2, 0) is 6.54 Å². The van der Waals surface area contributed by atoms with E-state index in [1.54, 1.807) is 0 Å². The highest BCUT2D eigenvalue weighted by Crippen LogP contribution is 2.13. The van der Waals surface area contributed by atoms with Crippen LogP contribution in [0.3, 0.4) is 0 Å². The van der Waals surface area contributed by atoms with E-state index < -0.39 is 0 Å². The Morgan fingerprint density at radius 1 is 1.12 bits per heavy atom. The van der Waals surface area contributed by atoms with Gasteiger partial charge in [-0.15, -0.1) is 0 Å². The second-order valence-electron chi connectivity index (χ2n) is 6.94. The molecule has 132 valence electrons. The zero-order valence-corrected chi connectivity index (χ0v) is 15.2. The molecule has 25 heavy (non-hydrogen) atoms. The molecule has 1 fully saturated rings. The van der Waals surface area contributed by atoms with Crippen molar-refractivity contribution < 1.29 is 0 Å². The Balaban J connectivity index is 1.64. The number of aliphatic imine (C=N–C) groups is 1. The maximum absolute atomic E-state index is 4.78. The van der Waals surface area contributed by atoms with E-state index in [0.29, 0.717) is 12.5 Å². The van der Waals surface area contributed by atoms with Crippen LogP contribution in [0.25, 0.3) is 0 Å². The summed E-state index contributed by atoms with van der Waals surface area (Å²) in [4.78, 5) is 7.17. The van der Waals surface area contributed by atoms with Gasteiger partial charge in [-0.1, -0.05) is 48.0 Å². The topological polar surface area (TPSA) is 39.7 Å². The number of anilines is 1. The van der Waals surface area contributed by atoms with Crippen LogP contribution < -0.4 is 10.6 Å². The lowest BCUT2D eigenvalue weighted by Crippen LogP contribution is -2.35. The predicted octanol–water partition coefficient (Wildman–Crippen LogP) is 3.50. The summed E-state index contributed by atoms with van der Waals surface area (Å²) in [6, 6.07) is 18.8. The fraction of sp³-hybridized carbons (Fsp3) is 0.381. The van der Waals surface area contributed by atoms with Gasteiger partial charge >= 0.3 is 0 Å². The lowest BCUT2D eigenvalue weighted by atomic mass is 10.1. The minimum atomic E-state index is 0.674. The quantitative estimate of drug-likeness (QED) is 0.648. The van der Waals surface area contributed by atoms with Crippen LogP contribution in [0.2, 0.25) is 0 Å². The molecule has 2 aromatic rings. The normalized spacial score (nSPS) is 18.3. The second-order valence-corrected chi connectivity index (χ2v) is 6.94. The number of para-hydroxylation sites is 1. The standard InChI is InChI=1S/C21H28N4/c1-17-8-10-18(11-9-17)14-22-21(24-20-6-4-3-5-7-20)23-15-19-12-13-25(2)16-19/h3-11,19H,12-16H2,1-2H3,(H2,22,23,24). The number of benzene rings is 2.